The maximum atomic E-state index is 12.8. The fourth-order valence-electron chi connectivity index (χ4n) is 5.52. The van der Waals surface area contributed by atoms with E-state index in [1.807, 2.05) is 15.9 Å². The highest BCUT2D eigenvalue weighted by atomic mass is 16.2. The normalized spacial score (nSPS) is 21.4. The molecule has 0 bridgehead atoms. The Morgan fingerprint density at radius 2 is 1.58 bits per heavy atom. The lowest BCUT2D eigenvalue weighted by atomic mass is 9.95. The van der Waals surface area contributed by atoms with Crippen LogP contribution in [0.1, 0.15) is 67.9 Å². The molecule has 0 N–H and O–H groups in total. The van der Waals surface area contributed by atoms with Crippen LogP contribution in [0.2, 0.25) is 0 Å². The quantitative estimate of drug-likeness (QED) is 0.678. The number of likely N-dealkylation sites (tertiary alicyclic amines) is 1. The van der Waals surface area contributed by atoms with E-state index in [0.29, 0.717) is 25.7 Å². The number of aromatic nitrogens is 1. The molecule has 1 aliphatic carbocycles. The summed E-state index contributed by atoms with van der Waals surface area (Å²) in [6.45, 7) is 9.60. The van der Waals surface area contributed by atoms with Crippen molar-refractivity contribution >= 4 is 17.9 Å². The summed E-state index contributed by atoms with van der Waals surface area (Å²) in [6.07, 6.45) is 12.5. The molecule has 2 amide bonds. The largest absolute Gasteiger partial charge is 0.346 e. The van der Waals surface area contributed by atoms with Crippen molar-refractivity contribution in [3.8, 4) is 0 Å². The molecule has 2 aliphatic heterocycles. The van der Waals surface area contributed by atoms with Gasteiger partial charge in [-0.1, -0.05) is 19.3 Å². The van der Waals surface area contributed by atoms with Crippen LogP contribution in [0.5, 0.6) is 0 Å². The SMILES string of the molecule is Cc1cc(/C=C/C(=O)N2CCN(CC(=O)N3CCCC3)CC2)c(C)n1C1CCCCC1. The molecule has 6 heteroatoms. The average molecular weight is 427 g/mol. The number of piperazine rings is 1. The molecule has 1 saturated carbocycles. The van der Waals surface area contributed by atoms with Gasteiger partial charge in [0.1, 0.15) is 0 Å². The summed E-state index contributed by atoms with van der Waals surface area (Å²) >= 11 is 0. The van der Waals surface area contributed by atoms with E-state index in [1.165, 1.54) is 43.5 Å². The molecule has 2 saturated heterocycles. The van der Waals surface area contributed by atoms with E-state index in [9.17, 15) is 9.59 Å². The zero-order chi connectivity index (χ0) is 21.8. The van der Waals surface area contributed by atoms with Crippen LogP contribution in [0.3, 0.4) is 0 Å². The van der Waals surface area contributed by atoms with Gasteiger partial charge in [0.2, 0.25) is 11.8 Å². The molecule has 0 unspecified atom stereocenters. The predicted molar refractivity (Wildman–Crippen MR) is 124 cm³/mol. The van der Waals surface area contributed by atoms with Crippen LogP contribution < -0.4 is 0 Å². The summed E-state index contributed by atoms with van der Waals surface area (Å²) in [5.41, 5.74) is 3.73. The zero-order valence-corrected chi connectivity index (χ0v) is 19.3. The highest BCUT2D eigenvalue weighted by Crippen LogP contribution is 2.32. The second-order valence-corrected chi connectivity index (χ2v) is 9.51. The highest BCUT2D eigenvalue weighted by Gasteiger charge is 2.25. The van der Waals surface area contributed by atoms with Crippen LogP contribution in [0, 0.1) is 13.8 Å². The van der Waals surface area contributed by atoms with Gasteiger partial charge in [-0.25, -0.2) is 0 Å². The van der Waals surface area contributed by atoms with Gasteiger partial charge in [-0.15, -0.1) is 0 Å². The van der Waals surface area contributed by atoms with Crippen molar-refractivity contribution < 1.29 is 9.59 Å². The molecule has 0 atom stereocenters. The number of nitrogens with zero attached hydrogens (tertiary/aromatic N) is 4. The zero-order valence-electron chi connectivity index (χ0n) is 19.3. The van der Waals surface area contributed by atoms with Gasteiger partial charge in [0.05, 0.1) is 6.54 Å². The molecule has 0 spiro atoms. The summed E-state index contributed by atoms with van der Waals surface area (Å²) in [5, 5.41) is 0. The van der Waals surface area contributed by atoms with Gasteiger partial charge < -0.3 is 14.4 Å². The molecule has 1 aromatic heterocycles. The van der Waals surface area contributed by atoms with Crippen molar-refractivity contribution in [1.29, 1.82) is 0 Å². The number of hydrogen-bond acceptors (Lipinski definition) is 3. The number of aryl methyl sites for hydroxylation is 1. The minimum absolute atomic E-state index is 0.0768. The summed E-state index contributed by atoms with van der Waals surface area (Å²) in [4.78, 5) is 31.2. The summed E-state index contributed by atoms with van der Waals surface area (Å²) < 4.78 is 2.49. The third kappa shape index (κ3) is 5.22. The standard InChI is InChI=1S/C25H38N4O2/c1-20-18-22(21(2)29(20)23-8-4-3-5-9-23)10-11-24(30)28-16-14-26(15-17-28)19-25(31)27-12-6-7-13-27/h10-11,18,23H,3-9,12-17,19H2,1-2H3/b11-10+. The minimum Gasteiger partial charge on any atom is -0.346 e. The van der Waals surface area contributed by atoms with Crippen LogP contribution in [-0.2, 0) is 9.59 Å². The van der Waals surface area contributed by atoms with Crippen LogP contribution in [0.25, 0.3) is 6.08 Å². The van der Waals surface area contributed by atoms with Crippen molar-refractivity contribution in [1.82, 2.24) is 19.3 Å². The van der Waals surface area contributed by atoms with E-state index < -0.39 is 0 Å². The van der Waals surface area contributed by atoms with Gasteiger partial charge >= 0.3 is 0 Å². The lowest BCUT2D eigenvalue weighted by Crippen LogP contribution is -2.51. The molecule has 3 heterocycles. The molecule has 1 aromatic rings. The molecule has 0 radical (unpaired) electrons. The summed E-state index contributed by atoms with van der Waals surface area (Å²) in [7, 11) is 0. The van der Waals surface area contributed by atoms with E-state index in [2.05, 4.69) is 29.4 Å². The van der Waals surface area contributed by atoms with Crippen LogP contribution in [-0.4, -0.2) is 76.9 Å². The van der Waals surface area contributed by atoms with Gasteiger partial charge in [-0.05, 0) is 57.2 Å². The first-order valence-electron chi connectivity index (χ1n) is 12.2. The van der Waals surface area contributed by atoms with Crippen LogP contribution in [0.4, 0.5) is 0 Å². The molecule has 6 nitrogen and oxygen atoms in total. The van der Waals surface area contributed by atoms with E-state index in [4.69, 9.17) is 0 Å². The van der Waals surface area contributed by atoms with E-state index >= 15 is 0 Å². The lowest BCUT2D eigenvalue weighted by molar-refractivity contribution is -0.132. The van der Waals surface area contributed by atoms with Crippen molar-refractivity contribution in [3.63, 3.8) is 0 Å². The highest BCUT2D eigenvalue weighted by molar-refractivity contribution is 5.92. The average Bonchev–Trinajstić information content (AvgIpc) is 3.41. The molecular formula is C25H38N4O2. The van der Waals surface area contributed by atoms with Gasteiger partial charge in [-0.3, -0.25) is 14.5 Å². The van der Waals surface area contributed by atoms with Crippen molar-refractivity contribution in [2.45, 2.75) is 64.8 Å². The van der Waals surface area contributed by atoms with E-state index in [-0.39, 0.29) is 11.8 Å². The monoisotopic (exact) mass is 426 g/mol. The number of amides is 2. The Labute approximate surface area is 186 Å². The fraction of sp³-hybridized carbons (Fsp3) is 0.680. The maximum Gasteiger partial charge on any atom is 0.246 e. The second kappa shape index (κ2) is 10.0. The number of hydrogen-bond donors (Lipinski definition) is 0. The Kier molecular flexibility index (Phi) is 7.16. The van der Waals surface area contributed by atoms with Crippen molar-refractivity contribution in [2.75, 3.05) is 45.8 Å². The van der Waals surface area contributed by atoms with Crippen molar-refractivity contribution in [2.24, 2.45) is 0 Å². The number of rotatable bonds is 5. The first-order valence-corrected chi connectivity index (χ1v) is 12.2. The fourth-order valence-corrected chi connectivity index (χ4v) is 5.52. The van der Waals surface area contributed by atoms with Crippen LogP contribution in [0.15, 0.2) is 12.1 Å². The molecule has 170 valence electrons. The second-order valence-electron chi connectivity index (χ2n) is 9.51. The first-order chi connectivity index (χ1) is 15.0. The molecule has 31 heavy (non-hydrogen) atoms. The van der Waals surface area contributed by atoms with Gasteiger partial charge in [0.15, 0.2) is 0 Å². The van der Waals surface area contributed by atoms with Crippen LogP contribution >= 0.6 is 0 Å². The Hall–Kier alpha value is -2.08. The Morgan fingerprint density at radius 3 is 2.26 bits per heavy atom. The lowest BCUT2D eigenvalue weighted by Gasteiger charge is -2.34. The molecule has 3 aliphatic rings. The van der Waals surface area contributed by atoms with E-state index in [0.717, 1.165) is 44.6 Å². The van der Waals surface area contributed by atoms with E-state index in [1.54, 1.807) is 6.08 Å². The number of carbonyl (C=O) groups is 2. The predicted octanol–water partition coefficient (Wildman–Crippen LogP) is 3.39. The Bertz CT molecular complexity index is 808. The first kappa shape index (κ1) is 22.1. The van der Waals surface area contributed by atoms with Gasteiger partial charge in [0, 0.05) is 62.8 Å². The van der Waals surface area contributed by atoms with Gasteiger partial charge in [0.25, 0.3) is 0 Å². The third-order valence-corrected chi connectivity index (χ3v) is 7.37. The summed E-state index contributed by atoms with van der Waals surface area (Å²) in [5.74, 6) is 0.318. The summed E-state index contributed by atoms with van der Waals surface area (Å²) in [6, 6.07) is 2.83. The minimum atomic E-state index is 0.0768. The molecule has 0 aromatic carbocycles. The molecule has 3 fully saturated rings. The topological polar surface area (TPSA) is 48.8 Å². The smallest absolute Gasteiger partial charge is 0.246 e. The molecular weight excluding hydrogens is 388 g/mol. The Morgan fingerprint density at radius 1 is 0.903 bits per heavy atom. The third-order valence-electron chi connectivity index (χ3n) is 7.37. The maximum absolute atomic E-state index is 12.8. The van der Waals surface area contributed by atoms with Gasteiger partial charge in [-0.2, -0.15) is 0 Å². The molecule has 4 rings (SSSR count). The number of carbonyl (C=O) groups excluding carboxylic acids is 2. The van der Waals surface area contributed by atoms with Crippen molar-refractivity contribution in [3.05, 3.63) is 29.1 Å². The Balaban J connectivity index is 1.29.